The zero-order chi connectivity index (χ0) is 17.8. The van der Waals surface area contributed by atoms with E-state index in [1.165, 1.54) is 0 Å². The molecular weight excluding hydrogens is 348 g/mol. The Morgan fingerprint density at radius 2 is 1.77 bits per heavy atom. The molecule has 2 saturated heterocycles. The van der Waals surface area contributed by atoms with Crippen LogP contribution in [-0.4, -0.2) is 73.2 Å². The quantitative estimate of drug-likeness (QED) is 0.820. The normalized spacial score (nSPS) is 20.2. The molecule has 3 heterocycles. The highest BCUT2D eigenvalue weighted by atomic mass is 32.1. The van der Waals surface area contributed by atoms with Crippen molar-refractivity contribution in [1.82, 2.24) is 14.8 Å². The first-order valence-corrected chi connectivity index (χ1v) is 10.0. The molecule has 2 aliphatic rings. The number of rotatable bonds is 4. The van der Waals surface area contributed by atoms with Gasteiger partial charge in [-0.05, 0) is 5.56 Å². The monoisotopic (exact) mass is 372 g/mol. The van der Waals surface area contributed by atoms with Crippen molar-refractivity contribution in [2.75, 3.05) is 57.4 Å². The van der Waals surface area contributed by atoms with E-state index in [-0.39, 0.29) is 11.9 Å². The van der Waals surface area contributed by atoms with Crippen molar-refractivity contribution in [1.29, 1.82) is 0 Å². The first-order chi connectivity index (χ1) is 12.8. The van der Waals surface area contributed by atoms with E-state index in [9.17, 15) is 4.79 Å². The van der Waals surface area contributed by atoms with Crippen molar-refractivity contribution in [3.63, 3.8) is 0 Å². The van der Waals surface area contributed by atoms with Gasteiger partial charge >= 0.3 is 0 Å². The molecular formula is C19H24N4O2S. The number of piperazine rings is 1. The molecule has 0 saturated carbocycles. The number of nitrogens with zero attached hydrogens (tertiary/aromatic N) is 4. The summed E-state index contributed by atoms with van der Waals surface area (Å²) in [7, 11) is 0. The molecule has 138 valence electrons. The zero-order valence-corrected chi connectivity index (χ0v) is 15.6. The van der Waals surface area contributed by atoms with Crippen molar-refractivity contribution < 1.29 is 9.53 Å². The third-order valence-corrected chi connectivity index (χ3v) is 5.87. The number of amides is 1. The van der Waals surface area contributed by atoms with E-state index in [1.54, 1.807) is 11.3 Å². The van der Waals surface area contributed by atoms with E-state index < -0.39 is 0 Å². The van der Waals surface area contributed by atoms with Crippen LogP contribution in [-0.2, 0) is 9.53 Å². The standard InChI is InChI=1S/C19H24N4O2S/c24-18(22-11-13-25-14-12-22)17(16-4-2-1-3-5-16)21-7-9-23(10-8-21)19-20-6-15-26-19/h1-6,15,17H,7-14H2. The Hall–Kier alpha value is -1.96. The van der Waals surface area contributed by atoms with Gasteiger partial charge in [-0.1, -0.05) is 30.3 Å². The minimum Gasteiger partial charge on any atom is -0.378 e. The number of carbonyl (C=O) groups excluding carboxylic acids is 1. The Labute approximate surface area is 158 Å². The highest BCUT2D eigenvalue weighted by molar-refractivity contribution is 7.13. The Morgan fingerprint density at radius 3 is 2.42 bits per heavy atom. The van der Waals surface area contributed by atoms with Gasteiger partial charge in [0.25, 0.3) is 0 Å². The summed E-state index contributed by atoms with van der Waals surface area (Å²) >= 11 is 1.67. The Morgan fingerprint density at radius 1 is 1.04 bits per heavy atom. The highest BCUT2D eigenvalue weighted by Gasteiger charge is 2.34. The molecule has 0 spiro atoms. The number of hydrogen-bond donors (Lipinski definition) is 0. The van der Waals surface area contributed by atoms with E-state index in [2.05, 4.69) is 26.9 Å². The average Bonchev–Trinajstić information content (AvgIpc) is 3.25. The predicted molar refractivity (Wildman–Crippen MR) is 102 cm³/mol. The minimum atomic E-state index is -0.215. The third kappa shape index (κ3) is 3.75. The number of thiazole rings is 1. The Bertz CT molecular complexity index is 696. The van der Waals surface area contributed by atoms with Gasteiger partial charge < -0.3 is 14.5 Å². The van der Waals surface area contributed by atoms with Crippen LogP contribution in [0.5, 0.6) is 0 Å². The number of aromatic nitrogens is 1. The largest absolute Gasteiger partial charge is 0.378 e. The summed E-state index contributed by atoms with van der Waals surface area (Å²) in [5, 5.41) is 3.08. The van der Waals surface area contributed by atoms with Crippen molar-refractivity contribution in [3.8, 4) is 0 Å². The van der Waals surface area contributed by atoms with Gasteiger partial charge in [0, 0.05) is 50.8 Å². The fraction of sp³-hybridized carbons (Fsp3) is 0.474. The van der Waals surface area contributed by atoms with Gasteiger partial charge in [-0.25, -0.2) is 4.98 Å². The van der Waals surface area contributed by atoms with Crippen LogP contribution in [0.25, 0.3) is 0 Å². The van der Waals surface area contributed by atoms with Gasteiger partial charge in [-0.3, -0.25) is 9.69 Å². The molecule has 0 radical (unpaired) electrons. The maximum atomic E-state index is 13.3. The van der Waals surface area contributed by atoms with Gasteiger partial charge in [0.05, 0.1) is 13.2 Å². The molecule has 1 atom stereocenters. The van der Waals surface area contributed by atoms with Crippen molar-refractivity contribution in [2.24, 2.45) is 0 Å². The first-order valence-electron chi connectivity index (χ1n) is 9.13. The summed E-state index contributed by atoms with van der Waals surface area (Å²) in [6, 6.07) is 9.95. The van der Waals surface area contributed by atoms with Crippen LogP contribution in [0.3, 0.4) is 0 Å². The summed E-state index contributed by atoms with van der Waals surface area (Å²) in [4.78, 5) is 24.3. The van der Waals surface area contributed by atoms with Crippen LogP contribution >= 0.6 is 11.3 Å². The number of carbonyl (C=O) groups is 1. The van der Waals surface area contributed by atoms with E-state index in [0.29, 0.717) is 26.3 Å². The molecule has 1 aromatic heterocycles. The predicted octanol–water partition coefficient (Wildman–Crippen LogP) is 1.87. The molecule has 2 aliphatic heterocycles. The number of ether oxygens (including phenoxy) is 1. The van der Waals surface area contributed by atoms with Gasteiger partial charge in [-0.15, -0.1) is 11.3 Å². The molecule has 0 aliphatic carbocycles. The molecule has 6 nitrogen and oxygen atoms in total. The lowest BCUT2D eigenvalue weighted by molar-refractivity contribution is -0.141. The molecule has 7 heteroatoms. The molecule has 1 aromatic carbocycles. The topological polar surface area (TPSA) is 48.9 Å². The lowest BCUT2D eigenvalue weighted by Crippen LogP contribution is -2.53. The lowest BCUT2D eigenvalue weighted by Gasteiger charge is -2.41. The fourth-order valence-corrected chi connectivity index (χ4v) is 4.34. The maximum Gasteiger partial charge on any atom is 0.244 e. The molecule has 2 fully saturated rings. The molecule has 2 aromatic rings. The second-order valence-corrected chi connectivity index (χ2v) is 7.46. The van der Waals surface area contributed by atoms with Gasteiger partial charge in [0.2, 0.25) is 5.91 Å². The second kappa shape index (κ2) is 8.16. The van der Waals surface area contributed by atoms with E-state index in [1.807, 2.05) is 34.7 Å². The fourth-order valence-electron chi connectivity index (χ4n) is 3.65. The summed E-state index contributed by atoms with van der Waals surface area (Å²) < 4.78 is 5.42. The Balaban J connectivity index is 1.51. The molecule has 0 N–H and O–H groups in total. The molecule has 0 bridgehead atoms. The van der Waals surface area contributed by atoms with Crippen LogP contribution in [0.15, 0.2) is 41.9 Å². The molecule has 4 rings (SSSR count). The van der Waals surface area contributed by atoms with Crippen LogP contribution in [0, 0.1) is 0 Å². The van der Waals surface area contributed by atoms with Crippen molar-refractivity contribution in [3.05, 3.63) is 47.5 Å². The summed E-state index contributed by atoms with van der Waals surface area (Å²) in [5.41, 5.74) is 1.08. The van der Waals surface area contributed by atoms with Crippen LogP contribution in [0.2, 0.25) is 0 Å². The van der Waals surface area contributed by atoms with Gasteiger partial charge in [0.1, 0.15) is 6.04 Å². The number of anilines is 1. The van der Waals surface area contributed by atoms with Crippen molar-refractivity contribution >= 4 is 22.4 Å². The lowest BCUT2D eigenvalue weighted by atomic mass is 10.0. The zero-order valence-electron chi connectivity index (χ0n) is 14.8. The third-order valence-electron chi connectivity index (χ3n) is 5.04. The van der Waals surface area contributed by atoms with E-state index in [0.717, 1.165) is 36.9 Å². The molecule has 1 amide bonds. The van der Waals surface area contributed by atoms with Crippen LogP contribution in [0.1, 0.15) is 11.6 Å². The summed E-state index contributed by atoms with van der Waals surface area (Å²) in [6.07, 6.45) is 1.85. The SMILES string of the molecule is O=C(C(c1ccccc1)N1CCN(c2nccs2)CC1)N1CCOCC1. The highest BCUT2D eigenvalue weighted by Crippen LogP contribution is 2.27. The van der Waals surface area contributed by atoms with Crippen LogP contribution < -0.4 is 4.90 Å². The van der Waals surface area contributed by atoms with Gasteiger partial charge in [-0.2, -0.15) is 0 Å². The first kappa shape index (κ1) is 17.5. The molecule has 26 heavy (non-hydrogen) atoms. The van der Waals surface area contributed by atoms with Crippen LogP contribution in [0.4, 0.5) is 5.13 Å². The molecule has 1 unspecified atom stereocenters. The van der Waals surface area contributed by atoms with Crippen molar-refractivity contribution in [2.45, 2.75) is 6.04 Å². The minimum absolute atomic E-state index is 0.196. The number of morpholine rings is 1. The second-order valence-electron chi connectivity index (χ2n) is 6.59. The van der Waals surface area contributed by atoms with Gasteiger partial charge in [0.15, 0.2) is 5.13 Å². The van der Waals surface area contributed by atoms with E-state index in [4.69, 9.17) is 4.74 Å². The Kier molecular flexibility index (Phi) is 5.48. The van der Waals surface area contributed by atoms with E-state index >= 15 is 0 Å². The summed E-state index contributed by atoms with van der Waals surface area (Å²) in [5.74, 6) is 0.196. The smallest absolute Gasteiger partial charge is 0.244 e. The summed E-state index contributed by atoms with van der Waals surface area (Å²) in [6.45, 7) is 6.13. The maximum absolute atomic E-state index is 13.3. The number of hydrogen-bond acceptors (Lipinski definition) is 6. The average molecular weight is 372 g/mol. The number of benzene rings is 1.